The first kappa shape index (κ1) is 16.5. The van der Waals surface area contributed by atoms with Gasteiger partial charge in [-0.1, -0.05) is 52.7 Å². The third kappa shape index (κ3) is 3.29. The molecule has 2 aromatic carbocycles. The molecule has 0 aliphatic carbocycles. The molecule has 0 atom stereocenters. The zero-order valence-corrected chi connectivity index (χ0v) is 14.8. The van der Waals surface area contributed by atoms with Crippen molar-refractivity contribution in [3.63, 3.8) is 0 Å². The number of anilines is 3. The summed E-state index contributed by atoms with van der Waals surface area (Å²) in [5.41, 5.74) is 3.21. The number of nitrogens with zero attached hydrogens (tertiary/aromatic N) is 3. The third-order valence-electron chi connectivity index (χ3n) is 3.29. The van der Waals surface area contributed by atoms with E-state index in [1.807, 2.05) is 43.4 Å². The first-order valence-corrected chi connectivity index (χ1v) is 8.47. The molecule has 5 nitrogen and oxygen atoms in total. The van der Waals surface area contributed by atoms with Gasteiger partial charge in [-0.05, 0) is 30.7 Å². The standard InChI is InChI=1S/C16H11Cl2N5S/c1-9-6-7-11(17)14(13(9)18)21-12-5-3-2-4-10(12)15-22-23-16(24-15)20-8-19/h2-7,21H,1H3,(H,20,23). The molecule has 0 radical (unpaired) electrons. The molecule has 0 bridgehead atoms. The predicted molar refractivity (Wildman–Crippen MR) is 99.1 cm³/mol. The van der Waals surface area contributed by atoms with E-state index in [4.69, 9.17) is 28.5 Å². The summed E-state index contributed by atoms with van der Waals surface area (Å²) in [6, 6.07) is 11.3. The van der Waals surface area contributed by atoms with Gasteiger partial charge in [-0.25, -0.2) is 0 Å². The van der Waals surface area contributed by atoms with Crippen LogP contribution in [0.2, 0.25) is 10.0 Å². The van der Waals surface area contributed by atoms with Gasteiger partial charge in [-0.15, -0.1) is 10.2 Å². The molecule has 120 valence electrons. The average molecular weight is 376 g/mol. The van der Waals surface area contributed by atoms with Crippen LogP contribution >= 0.6 is 34.5 Å². The lowest BCUT2D eigenvalue weighted by Gasteiger charge is -2.14. The molecule has 0 unspecified atom stereocenters. The summed E-state index contributed by atoms with van der Waals surface area (Å²) >= 11 is 13.9. The van der Waals surface area contributed by atoms with Crippen LogP contribution in [-0.2, 0) is 0 Å². The molecule has 0 fully saturated rings. The van der Waals surface area contributed by atoms with Crippen LogP contribution in [0.1, 0.15) is 5.56 Å². The van der Waals surface area contributed by atoms with Crippen molar-refractivity contribution in [3.8, 4) is 16.8 Å². The number of nitriles is 1. The van der Waals surface area contributed by atoms with Crippen LogP contribution in [0.15, 0.2) is 36.4 Å². The topological polar surface area (TPSA) is 73.6 Å². The van der Waals surface area contributed by atoms with E-state index < -0.39 is 0 Å². The minimum atomic E-state index is 0.439. The summed E-state index contributed by atoms with van der Waals surface area (Å²) in [6.07, 6.45) is 1.83. The Bertz CT molecular complexity index is 932. The molecular weight excluding hydrogens is 365 g/mol. The van der Waals surface area contributed by atoms with Crippen molar-refractivity contribution in [2.45, 2.75) is 6.92 Å². The number of hydrogen-bond donors (Lipinski definition) is 2. The zero-order chi connectivity index (χ0) is 17.1. The van der Waals surface area contributed by atoms with Gasteiger partial charge in [0.05, 0.1) is 15.7 Å². The van der Waals surface area contributed by atoms with Crippen LogP contribution in [0.3, 0.4) is 0 Å². The fourth-order valence-electron chi connectivity index (χ4n) is 2.11. The number of aryl methyl sites for hydroxylation is 1. The predicted octanol–water partition coefficient (Wildman–Crippen LogP) is 5.46. The molecule has 2 N–H and O–H groups in total. The SMILES string of the molecule is Cc1ccc(Cl)c(Nc2ccccc2-c2nnc(NC#N)s2)c1Cl. The molecule has 0 saturated carbocycles. The fraction of sp³-hybridized carbons (Fsp3) is 0.0625. The summed E-state index contributed by atoms with van der Waals surface area (Å²) in [5, 5.41) is 24.7. The van der Waals surface area contributed by atoms with E-state index in [2.05, 4.69) is 20.8 Å². The lowest BCUT2D eigenvalue weighted by molar-refractivity contribution is 1.10. The molecule has 0 aliphatic heterocycles. The molecule has 1 aromatic heterocycles. The number of halogens is 2. The Balaban J connectivity index is 2.01. The molecule has 0 amide bonds. The van der Waals surface area contributed by atoms with Crippen molar-refractivity contribution >= 4 is 51.0 Å². The highest BCUT2D eigenvalue weighted by molar-refractivity contribution is 7.18. The molecule has 1 heterocycles. The first-order valence-electron chi connectivity index (χ1n) is 6.90. The van der Waals surface area contributed by atoms with Gasteiger partial charge in [-0.3, -0.25) is 5.32 Å². The summed E-state index contributed by atoms with van der Waals surface area (Å²) in [4.78, 5) is 0. The van der Waals surface area contributed by atoms with Crippen molar-refractivity contribution in [2.24, 2.45) is 0 Å². The van der Waals surface area contributed by atoms with Crippen LogP contribution in [0.25, 0.3) is 10.6 Å². The maximum atomic E-state index is 8.67. The van der Waals surface area contributed by atoms with Crippen molar-refractivity contribution in [1.82, 2.24) is 10.2 Å². The van der Waals surface area contributed by atoms with Gasteiger partial charge >= 0.3 is 0 Å². The molecular formula is C16H11Cl2N5S. The average Bonchev–Trinajstić information content (AvgIpc) is 3.04. The van der Waals surface area contributed by atoms with Crippen molar-refractivity contribution in [3.05, 3.63) is 52.0 Å². The van der Waals surface area contributed by atoms with Crippen molar-refractivity contribution in [1.29, 1.82) is 5.26 Å². The summed E-state index contributed by atoms with van der Waals surface area (Å²) in [7, 11) is 0. The molecule has 3 aromatic rings. The minimum Gasteiger partial charge on any atom is -0.353 e. The summed E-state index contributed by atoms with van der Waals surface area (Å²) < 4.78 is 0. The Hall–Kier alpha value is -2.33. The highest BCUT2D eigenvalue weighted by Crippen LogP contribution is 2.39. The molecule has 0 spiro atoms. The summed E-state index contributed by atoms with van der Waals surface area (Å²) in [6.45, 7) is 1.92. The smallest absolute Gasteiger partial charge is 0.219 e. The first-order chi connectivity index (χ1) is 11.6. The van der Waals surface area contributed by atoms with E-state index in [-0.39, 0.29) is 0 Å². The van der Waals surface area contributed by atoms with Gasteiger partial charge in [0.2, 0.25) is 5.13 Å². The van der Waals surface area contributed by atoms with Crippen LogP contribution < -0.4 is 10.6 Å². The Morgan fingerprint density at radius 3 is 2.71 bits per heavy atom. The largest absolute Gasteiger partial charge is 0.353 e. The van der Waals surface area contributed by atoms with Gasteiger partial charge < -0.3 is 5.32 Å². The summed E-state index contributed by atoms with van der Waals surface area (Å²) in [5.74, 6) is 0. The van der Waals surface area contributed by atoms with E-state index in [9.17, 15) is 0 Å². The van der Waals surface area contributed by atoms with E-state index in [0.29, 0.717) is 25.9 Å². The molecule has 24 heavy (non-hydrogen) atoms. The number of nitrogens with one attached hydrogen (secondary N) is 2. The fourth-order valence-corrected chi connectivity index (χ4v) is 3.31. The maximum absolute atomic E-state index is 8.67. The van der Waals surface area contributed by atoms with Crippen molar-refractivity contribution < 1.29 is 0 Å². The number of rotatable bonds is 4. The zero-order valence-electron chi connectivity index (χ0n) is 12.5. The highest BCUT2D eigenvalue weighted by Gasteiger charge is 2.14. The van der Waals surface area contributed by atoms with Gasteiger partial charge in [0.15, 0.2) is 11.2 Å². The van der Waals surface area contributed by atoms with Gasteiger partial charge in [-0.2, -0.15) is 5.26 Å². The lowest BCUT2D eigenvalue weighted by atomic mass is 10.1. The number of para-hydroxylation sites is 1. The quantitative estimate of drug-likeness (QED) is 0.467. The Labute approximate surface area is 152 Å². The van der Waals surface area contributed by atoms with E-state index in [1.54, 1.807) is 6.07 Å². The minimum absolute atomic E-state index is 0.439. The second kappa shape index (κ2) is 7.05. The molecule has 0 aliphatic rings. The Morgan fingerprint density at radius 2 is 1.92 bits per heavy atom. The van der Waals surface area contributed by atoms with Crippen LogP contribution in [-0.4, -0.2) is 10.2 Å². The van der Waals surface area contributed by atoms with Gasteiger partial charge in [0.25, 0.3) is 0 Å². The Morgan fingerprint density at radius 1 is 1.12 bits per heavy atom. The lowest BCUT2D eigenvalue weighted by Crippen LogP contribution is -1.96. The van der Waals surface area contributed by atoms with E-state index in [0.717, 1.165) is 16.8 Å². The van der Waals surface area contributed by atoms with Crippen LogP contribution in [0.5, 0.6) is 0 Å². The second-order valence-electron chi connectivity index (χ2n) is 4.87. The van der Waals surface area contributed by atoms with Gasteiger partial charge in [0, 0.05) is 11.3 Å². The highest BCUT2D eigenvalue weighted by atomic mass is 35.5. The normalized spacial score (nSPS) is 10.2. The molecule has 0 saturated heterocycles. The molecule has 8 heteroatoms. The van der Waals surface area contributed by atoms with Crippen molar-refractivity contribution in [2.75, 3.05) is 10.6 Å². The van der Waals surface area contributed by atoms with Crippen LogP contribution in [0.4, 0.5) is 16.5 Å². The van der Waals surface area contributed by atoms with Crippen LogP contribution in [0, 0.1) is 18.4 Å². The molecule has 3 rings (SSSR count). The Kier molecular flexibility index (Phi) is 4.86. The monoisotopic (exact) mass is 375 g/mol. The van der Waals surface area contributed by atoms with Gasteiger partial charge in [0.1, 0.15) is 0 Å². The number of hydrogen-bond acceptors (Lipinski definition) is 6. The number of aromatic nitrogens is 2. The third-order valence-corrected chi connectivity index (χ3v) is 4.96. The van der Waals surface area contributed by atoms with E-state index in [1.165, 1.54) is 11.3 Å². The maximum Gasteiger partial charge on any atom is 0.219 e. The van der Waals surface area contributed by atoms with E-state index >= 15 is 0 Å². The second-order valence-corrected chi connectivity index (χ2v) is 6.64. The number of benzene rings is 2.